The number of hydrogen-bond donors (Lipinski definition) is 1. The average Bonchev–Trinajstić information content (AvgIpc) is 2.96. The van der Waals surface area contributed by atoms with Crippen LogP contribution in [0.3, 0.4) is 0 Å². The molecular formula is C13H25NO2S. The minimum absolute atomic E-state index is 0.0804. The number of carbonyl (C=O) groups is 1. The predicted molar refractivity (Wildman–Crippen MR) is 73.1 cm³/mol. The van der Waals surface area contributed by atoms with E-state index in [9.17, 15) is 4.79 Å². The summed E-state index contributed by atoms with van der Waals surface area (Å²) in [6, 6.07) is 0.210. The molecule has 1 atom stereocenters. The SMILES string of the molecule is COC(=O)CC1(CSCC(N)C(C)(C)C)CC1. The van der Waals surface area contributed by atoms with Crippen LogP contribution in [0.5, 0.6) is 0 Å². The number of nitrogens with two attached hydrogens (primary N) is 1. The van der Waals surface area contributed by atoms with E-state index >= 15 is 0 Å². The lowest BCUT2D eigenvalue weighted by Crippen LogP contribution is -2.37. The van der Waals surface area contributed by atoms with E-state index in [-0.39, 0.29) is 22.8 Å². The highest BCUT2D eigenvalue weighted by Crippen LogP contribution is 2.51. The van der Waals surface area contributed by atoms with E-state index in [0.717, 1.165) is 24.3 Å². The fourth-order valence-electron chi connectivity index (χ4n) is 1.58. The fraction of sp³-hybridized carbons (Fsp3) is 0.923. The van der Waals surface area contributed by atoms with Crippen molar-refractivity contribution < 1.29 is 9.53 Å². The van der Waals surface area contributed by atoms with Gasteiger partial charge in [-0.25, -0.2) is 0 Å². The Kier molecular flexibility index (Phi) is 4.90. The van der Waals surface area contributed by atoms with E-state index < -0.39 is 0 Å². The van der Waals surface area contributed by atoms with Crippen LogP contribution in [0.2, 0.25) is 0 Å². The molecule has 17 heavy (non-hydrogen) atoms. The molecule has 0 aliphatic heterocycles. The zero-order chi connectivity index (χ0) is 13.1. The number of thioether (sulfide) groups is 1. The van der Waals surface area contributed by atoms with Crippen LogP contribution in [0.4, 0.5) is 0 Å². The Balaban J connectivity index is 2.25. The third kappa shape index (κ3) is 4.88. The first-order valence-corrected chi connectivity index (χ1v) is 7.35. The lowest BCUT2D eigenvalue weighted by atomic mass is 9.89. The van der Waals surface area contributed by atoms with Gasteiger partial charge < -0.3 is 10.5 Å². The van der Waals surface area contributed by atoms with Gasteiger partial charge in [0.2, 0.25) is 0 Å². The van der Waals surface area contributed by atoms with Crippen LogP contribution in [0, 0.1) is 10.8 Å². The van der Waals surface area contributed by atoms with Crippen LogP contribution in [-0.4, -0.2) is 30.6 Å². The number of ether oxygens (including phenoxy) is 1. The summed E-state index contributed by atoms with van der Waals surface area (Å²) in [5.74, 6) is 1.92. The van der Waals surface area contributed by atoms with Crippen LogP contribution in [-0.2, 0) is 9.53 Å². The molecule has 3 nitrogen and oxygen atoms in total. The summed E-state index contributed by atoms with van der Waals surface area (Å²) in [6.07, 6.45) is 2.88. The Morgan fingerprint density at radius 1 is 1.47 bits per heavy atom. The molecule has 0 aromatic rings. The lowest BCUT2D eigenvalue weighted by Gasteiger charge is -2.27. The van der Waals surface area contributed by atoms with Gasteiger partial charge in [0.25, 0.3) is 0 Å². The largest absolute Gasteiger partial charge is 0.469 e. The maximum Gasteiger partial charge on any atom is 0.306 e. The second-order valence-electron chi connectivity index (χ2n) is 6.24. The normalized spacial score (nSPS) is 19.8. The van der Waals surface area contributed by atoms with Gasteiger partial charge in [-0.2, -0.15) is 11.8 Å². The minimum atomic E-state index is -0.0804. The van der Waals surface area contributed by atoms with Gasteiger partial charge in [-0.15, -0.1) is 0 Å². The predicted octanol–water partition coefficient (Wildman–Crippen LogP) is 2.44. The Labute approximate surface area is 109 Å². The van der Waals surface area contributed by atoms with Gasteiger partial charge in [-0.05, 0) is 29.4 Å². The van der Waals surface area contributed by atoms with Gasteiger partial charge in [0, 0.05) is 11.8 Å². The molecule has 0 radical (unpaired) electrons. The topological polar surface area (TPSA) is 52.3 Å². The van der Waals surface area contributed by atoms with Crippen molar-refractivity contribution in [3.63, 3.8) is 0 Å². The first-order valence-electron chi connectivity index (χ1n) is 6.19. The van der Waals surface area contributed by atoms with Crippen molar-refractivity contribution in [2.75, 3.05) is 18.6 Å². The molecule has 0 saturated heterocycles. The number of carbonyl (C=O) groups excluding carboxylic acids is 1. The molecule has 0 bridgehead atoms. The lowest BCUT2D eigenvalue weighted by molar-refractivity contribution is -0.141. The molecule has 0 spiro atoms. The zero-order valence-corrected chi connectivity index (χ0v) is 12.2. The van der Waals surface area contributed by atoms with Crippen molar-refractivity contribution in [3.8, 4) is 0 Å². The van der Waals surface area contributed by atoms with Crippen molar-refractivity contribution in [1.29, 1.82) is 0 Å². The minimum Gasteiger partial charge on any atom is -0.469 e. The molecule has 1 fully saturated rings. The number of methoxy groups -OCH3 is 1. The number of rotatable bonds is 6. The average molecular weight is 259 g/mol. The molecule has 1 aliphatic carbocycles. The molecule has 0 heterocycles. The molecule has 1 saturated carbocycles. The molecule has 0 aromatic carbocycles. The highest BCUT2D eigenvalue weighted by Gasteiger charge is 2.44. The summed E-state index contributed by atoms with van der Waals surface area (Å²) in [5.41, 5.74) is 6.49. The summed E-state index contributed by atoms with van der Waals surface area (Å²) in [6.45, 7) is 6.50. The van der Waals surface area contributed by atoms with E-state index in [4.69, 9.17) is 10.5 Å². The van der Waals surface area contributed by atoms with Crippen LogP contribution >= 0.6 is 11.8 Å². The second kappa shape index (κ2) is 5.61. The smallest absolute Gasteiger partial charge is 0.306 e. The Morgan fingerprint density at radius 3 is 2.47 bits per heavy atom. The van der Waals surface area contributed by atoms with Crippen molar-refractivity contribution in [1.82, 2.24) is 0 Å². The Hall–Kier alpha value is -0.220. The van der Waals surface area contributed by atoms with Crippen molar-refractivity contribution in [3.05, 3.63) is 0 Å². The molecule has 2 N–H and O–H groups in total. The Bertz CT molecular complexity index is 269. The fourth-order valence-corrected chi connectivity index (χ4v) is 3.28. The van der Waals surface area contributed by atoms with Crippen molar-refractivity contribution in [2.45, 2.75) is 46.1 Å². The molecular weight excluding hydrogens is 234 g/mol. The van der Waals surface area contributed by atoms with Gasteiger partial charge in [-0.3, -0.25) is 4.79 Å². The van der Waals surface area contributed by atoms with Gasteiger partial charge in [-0.1, -0.05) is 20.8 Å². The highest BCUT2D eigenvalue weighted by atomic mass is 32.2. The van der Waals surface area contributed by atoms with Crippen LogP contribution in [0.15, 0.2) is 0 Å². The van der Waals surface area contributed by atoms with Crippen LogP contribution in [0.1, 0.15) is 40.0 Å². The van der Waals surface area contributed by atoms with Gasteiger partial charge in [0.1, 0.15) is 0 Å². The van der Waals surface area contributed by atoms with Gasteiger partial charge in [0.15, 0.2) is 0 Å². The summed E-state index contributed by atoms with van der Waals surface area (Å²) in [7, 11) is 1.46. The summed E-state index contributed by atoms with van der Waals surface area (Å²) < 4.78 is 4.73. The number of esters is 1. The summed E-state index contributed by atoms with van der Waals surface area (Å²) in [4.78, 5) is 11.3. The van der Waals surface area contributed by atoms with Crippen molar-refractivity contribution >= 4 is 17.7 Å². The molecule has 0 amide bonds. The quantitative estimate of drug-likeness (QED) is 0.744. The molecule has 100 valence electrons. The maximum atomic E-state index is 11.3. The summed E-state index contributed by atoms with van der Waals surface area (Å²) in [5, 5.41) is 0. The maximum absolute atomic E-state index is 11.3. The van der Waals surface area contributed by atoms with Crippen LogP contribution in [0.25, 0.3) is 0 Å². The summed E-state index contributed by atoms with van der Waals surface area (Å²) >= 11 is 1.88. The monoisotopic (exact) mass is 259 g/mol. The highest BCUT2D eigenvalue weighted by molar-refractivity contribution is 7.99. The Morgan fingerprint density at radius 2 is 2.06 bits per heavy atom. The molecule has 0 aromatic heterocycles. The first kappa shape index (κ1) is 14.8. The molecule has 1 rings (SSSR count). The third-order valence-electron chi connectivity index (χ3n) is 3.52. The van der Waals surface area contributed by atoms with Gasteiger partial charge in [0.05, 0.1) is 13.5 Å². The first-order chi connectivity index (χ1) is 7.79. The third-order valence-corrected chi connectivity index (χ3v) is 4.93. The zero-order valence-electron chi connectivity index (χ0n) is 11.4. The molecule has 4 heteroatoms. The van der Waals surface area contributed by atoms with Crippen molar-refractivity contribution in [2.24, 2.45) is 16.6 Å². The van der Waals surface area contributed by atoms with E-state index in [1.54, 1.807) is 0 Å². The van der Waals surface area contributed by atoms with E-state index in [1.165, 1.54) is 7.11 Å². The van der Waals surface area contributed by atoms with E-state index in [2.05, 4.69) is 20.8 Å². The number of hydrogen-bond acceptors (Lipinski definition) is 4. The molecule has 1 aliphatic rings. The van der Waals surface area contributed by atoms with Gasteiger partial charge >= 0.3 is 5.97 Å². The second-order valence-corrected chi connectivity index (χ2v) is 7.27. The standard InChI is InChI=1S/C13H25NO2S/c1-12(2,3)10(14)8-17-9-13(5-6-13)7-11(15)16-4/h10H,5-9,14H2,1-4H3. The van der Waals surface area contributed by atoms with E-state index in [0.29, 0.717) is 6.42 Å². The van der Waals surface area contributed by atoms with E-state index in [1.807, 2.05) is 11.8 Å². The molecule has 1 unspecified atom stereocenters. The van der Waals surface area contributed by atoms with Crippen LogP contribution < -0.4 is 5.73 Å².